The highest BCUT2D eigenvalue weighted by Gasteiger charge is 2.31. The molecule has 0 radical (unpaired) electrons. The number of para-hydroxylation sites is 1. The van der Waals surface area contributed by atoms with E-state index >= 15 is 0 Å². The third kappa shape index (κ3) is 4.48. The van der Waals surface area contributed by atoms with Gasteiger partial charge in [-0.1, -0.05) is 24.8 Å². The van der Waals surface area contributed by atoms with Gasteiger partial charge in [-0.2, -0.15) is 0 Å². The first-order valence-electron chi connectivity index (χ1n) is 8.56. The number of hydrogen-bond acceptors (Lipinski definition) is 5. The average Bonchev–Trinajstić information content (AvgIpc) is 2.96. The Balaban J connectivity index is 1.96. The number of hydrogen-bond donors (Lipinski definition) is 0. The number of ether oxygens (including phenoxy) is 2. The second-order valence-corrected chi connectivity index (χ2v) is 6.95. The van der Waals surface area contributed by atoms with E-state index in [2.05, 4.69) is 11.6 Å². The first kappa shape index (κ1) is 20.6. The van der Waals surface area contributed by atoms with Crippen LogP contribution < -0.4 is 9.47 Å². The minimum absolute atomic E-state index is 0.0498. The fourth-order valence-corrected chi connectivity index (χ4v) is 3.54. The zero-order valence-electron chi connectivity index (χ0n) is 15.8. The summed E-state index contributed by atoms with van der Waals surface area (Å²) in [5.74, 6) is -0.792. The van der Waals surface area contributed by atoms with Crippen LogP contribution in [0.5, 0.6) is 11.5 Å². The van der Waals surface area contributed by atoms with E-state index in [1.807, 2.05) is 0 Å². The summed E-state index contributed by atoms with van der Waals surface area (Å²) in [5.41, 5.74) is 0.593. The number of thioether (sulfide) groups is 1. The summed E-state index contributed by atoms with van der Waals surface area (Å²) in [6.45, 7) is 3.90. The van der Waals surface area contributed by atoms with Crippen LogP contribution in [0.3, 0.4) is 0 Å². The van der Waals surface area contributed by atoms with Crippen LogP contribution in [0.15, 0.2) is 59.0 Å². The largest absolute Gasteiger partial charge is 0.493 e. The lowest BCUT2D eigenvalue weighted by atomic mass is 10.1. The number of carbonyl (C=O) groups is 1. The smallest absolute Gasteiger partial charge is 0.266 e. The van der Waals surface area contributed by atoms with Crippen LogP contribution in [0.4, 0.5) is 14.5 Å². The predicted molar refractivity (Wildman–Crippen MR) is 110 cm³/mol. The lowest BCUT2D eigenvalue weighted by Gasteiger charge is -2.12. The maximum atomic E-state index is 13.9. The Morgan fingerprint density at radius 3 is 2.76 bits per heavy atom. The molecular weight excluding hydrogens is 398 g/mol. The fourth-order valence-electron chi connectivity index (χ4n) is 2.57. The van der Waals surface area contributed by atoms with E-state index < -0.39 is 11.6 Å². The van der Waals surface area contributed by atoms with E-state index in [9.17, 15) is 13.6 Å². The molecule has 1 fully saturated rings. The molecule has 0 N–H and O–H groups in total. The van der Waals surface area contributed by atoms with Gasteiger partial charge in [-0.15, -0.1) is 0 Å². The lowest BCUT2D eigenvalue weighted by Crippen LogP contribution is -2.23. The van der Waals surface area contributed by atoms with Crippen molar-refractivity contribution in [2.75, 3.05) is 20.8 Å². The van der Waals surface area contributed by atoms with E-state index in [-0.39, 0.29) is 23.4 Å². The zero-order chi connectivity index (χ0) is 21.0. The summed E-state index contributed by atoms with van der Waals surface area (Å²) in [5, 5.41) is 0.281. The Bertz CT molecular complexity index is 1020. The molecule has 29 heavy (non-hydrogen) atoms. The highest BCUT2D eigenvalue weighted by atomic mass is 32.2. The quantitative estimate of drug-likeness (QED) is 0.503. The number of likely N-dealkylation sites (N-methyl/N-ethyl adjacent to an activating group) is 1. The molecule has 3 rings (SSSR count). The van der Waals surface area contributed by atoms with Gasteiger partial charge in [0.05, 0.1) is 12.0 Å². The number of methoxy groups -OCH3 is 1. The molecule has 1 aliphatic rings. The van der Waals surface area contributed by atoms with E-state index in [1.54, 1.807) is 30.4 Å². The summed E-state index contributed by atoms with van der Waals surface area (Å²) < 4.78 is 38.0. The summed E-state index contributed by atoms with van der Waals surface area (Å²) in [7, 11) is 3.06. The van der Waals surface area contributed by atoms with Gasteiger partial charge in [-0.3, -0.25) is 9.69 Å². The number of halogens is 2. The first-order chi connectivity index (χ1) is 13.9. The minimum atomic E-state index is -0.802. The third-order valence-electron chi connectivity index (χ3n) is 3.99. The van der Waals surface area contributed by atoms with Crippen molar-refractivity contribution in [3.05, 3.63) is 71.2 Å². The highest BCUT2D eigenvalue weighted by molar-refractivity contribution is 8.18. The second kappa shape index (κ2) is 8.91. The minimum Gasteiger partial charge on any atom is -0.493 e. The molecule has 1 heterocycles. The number of aliphatic imine (C=N–C) groups is 1. The molecule has 0 spiro atoms. The van der Waals surface area contributed by atoms with Gasteiger partial charge in [-0.05, 0) is 36.0 Å². The summed E-state index contributed by atoms with van der Waals surface area (Å²) in [6, 6.07) is 8.40. The molecule has 2 aromatic rings. The van der Waals surface area contributed by atoms with Gasteiger partial charge in [-0.25, -0.2) is 13.8 Å². The van der Waals surface area contributed by atoms with Crippen LogP contribution in [0, 0.1) is 11.6 Å². The van der Waals surface area contributed by atoms with Crippen molar-refractivity contribution in [2.24, 2.45) is 4.99 Å². The van der Waals surface area contributed by atoms with E-state index in [0.29, 0.717) is 22.0 Å². The van der Waals surface area contributed by atoms with Gasteiger partial charge in [0.2, 0.25) is 0 Å². The molecule has 1 saturated heterocycles. The van der Waals surface area contributed by atoms with Crippen molar-refractivity contribution in [1.29, 1.82) is 0 Å². The predicted octanol–water partition coefficient (Wildman–Crippen LogP) is 4.77. The van der Waals surface area contributed by atoms with Gasteiger partial charge in [0.15, 0.2) is 22.5 Å². The van der Waals surface area contributed by atoms with Crippen LogP contribution in [-0.2, 0) is 4.79 Å². The summed E-state index contributed by atoms with van der Waals surface area (Å²) in [4.78, 5) is 18.5. The highest BCUT2D eigenvalue weighted by Crippen LogP contribution is 2.38. The third-order valence-corrected chi connectivity index (χ3v) is 5.05. The SMILES string of the molecule is C=CCOc1c(/C=C2\SC(=Nc3ccc(F)cc3F)N(C)C2=O)cccc1OC. The number of nitrogens with zero attached hydrogens (tertiary/aromatic N) is 2. The monoisotopic (exact) mass is 416 g/mol. The standard InChI is InChI=1S/C21H18F2N2O3S/c1-4-10-28-19-13(6-5-7-17(19)27-3)11-18-20(26)25(2)21(29-18)24-16-9-8-14(22)12-15(16)23/h4-9,11-12H,1,10H2,2-3H3/b18-11-,24-21?. The van der Waals surface area contributed by atoms with E-state index in [0.717, 1.165) is 23.9 Å². The van der Waals surface area contributed by atoms with Crippen molar-refractivity contribution in [3.63, 3.8) is 0 Å². The second-order valence-electron chi connectivity index (χ2n) is 5.94. The molecule has 1 aliphatic heterocycles. The number of carbonyl (C=O) groups excluding carboxylic acids is 1. The van der Waals surface area contributed by atoms with Crippen molar-refractivity contribution < 1.29 is 23.0 Å². The van der Waals surface area contributed by atoms with Crippen molar-refractivity contribution in [2.45, 2.75) is 0 Å². The molecule has 1 amide bonds. The zero-order valence-corrected chi connectivity index (χ0v) is 16.6. The Labute approximate surface area is 171 Å². The van der Waals surface area contributed by atoms with Crippen LogP contribution in [0.25, 0.3) is 6.08 Å². The number of benzene rings is 2. The maximum Gasteiger partial charge on any atom is 0.266 e. The Kier molecular flexibility index (Phi) is 6.33. The molecule has 0 aliphatic carbocycles. The average molecular weight is 416 g/mol. The van der Waals surface area contributed by atoms with Crippen LogP contribution in [0.2, 0.25) is 0 Å². The van der Waals surface area contributed by atoms with Gasteiger partial charge in [0.1, 0.15) is 18.1 Å². The molecule has 8 heteroatoms. The Morgan fingerprint density at radius 2 is 2.07 bits per heavy atom. The molecule has 0 bridgehead atoms. The molecular formula is C21H18F2N2O3S. The first-order valence-corrected chi connectivity index (χ1v) is 9.38. The van der Waals surface area contributed by atoms with Gasteiger partial charge in [0.25, 0.3) is 5.91 Å². The number of rotatable bonds is 6. The van der Waals surface area contributed by atoms with Gasteiger partial charge >= 0.3 is 0 Å². The maximum absolute atomic E-state index is 13.9. The fraction of sp³-hybridized carbons (Fsp3) is 0.143. The van der Waals surface area contributed by atoms with Crippen molar-refractivity contribution in [3.8, 4) is 11.5 Å². The summed E-state index contributed by atoms with van der Waals surface area (Å²) in [6.07, 6.45) is 3.27. The molecule has 0 atom stereocenters. The molecule has 5 nitrogen and oxygen atoms in total. The molecule has 150 valence electrons. The lowest BCUT2D eigenvalue weighted by molar-refractivity contribution is -0.121. The molecule has 0 aromatic heterocycles. The Hall–Kier alpha value is -3.13. The summed E-state index contributed by atoms with van der Waals surface area (Å²) >= 11 is 1.09. The molecule has 0 saturated carbocycles. The number of amidine groups is 1. The van der Waals surface area contributed by atoms with E-state index in [1.165, 1.54) is 25.1 Å². The number of amides is 1. The normalized spacial score (nSPS) is 16.6. The van der Waals surface area contributed by atoms with Gasteiger partial charge < -0.3 is 9.47 Å². The Morgan fingerprint density at radius 1 is 1.28 bits per heavy atom. The van der Waals surface area contributed by atoms with Crippen LogP contribution >= 0.6 is 11.8 Å². The van der Waals surface area contributed by atoms with E-state index in [4.69, 9.17) is 9.47 Å². The van der Waals surface area contributed by atoms with Gasteiger partial charge in [0, 0.05) is 18.7 Å². The van der Waals surface area contributed by atoms with Crippen LogP contribution in [-0.4, -0.2) is 36.7 Å². The van der Waals surface area contributed by atoms with Crippen molar-refractivity contribution >= 4 is 34.6 Å². The topological polar surface area (TPSA) is 51.1 Å². The van der Waals surface area contributed by atoms with Crippen LogP contribution in [0.1, 0.15) is 5.56 Å². The molecule has 2 aromatic carbocycles. The molecule has 0 unspecified atom stereocenters. The van der Waals surface area contributed by atoms with Crippen molar-refractivity contribution in [1.82, 2.24) is 4.90 Å².